The van der Waals surface area contributed by atoms with Gasteiger partial charge in [0.15, 0.2) is 0 Å². The Balaban J connectivity index is 1.59. The normalized spacial score (nSPS) is 16.5. The highest BCUT2D eigenvalue weighted by atomic mass is 16.5. The zero-order valence-corrected chi connectivity index (χ0v) is 12.7. The third kappa shape index (κ3) is 3.64. The van der Waals surface area contributed by atoms with E-state index in [0.29, 0.717) is 0 Å². The first-order valence-corrected chi connectivity index (χ1v) is 7.85. The molecule has 22 heavy (non-hydrogen) atoms. The second kappa shape index (κ2) is 7.38. The lowest BCUT2D eigenvalue weighted by atomic mass is 10.0. The molecule has 4 nitrogen and oxygen atoms in total. The Hall–Kier alpha value is -1.91. The third-order valence-corrected chi connectivity index (χ3v) is 4.03. The summed E-state index contributed by atoms with van der Waals surface area (Å²) in [7, 11) is 0. The summed E-state index contributed by atoms with van der Waals surface area (Å²) in [6.07, 6.45) is 2.83. The molecule has 0 amide bonds. The van der Waals surface area contributed by atoms with Crippen LogP contribution in [0.5, 0.6) is 5.75 Å². The van der Waals surface area contributed by atoms with Crippen molar-refractivity contribution in [2.75, 3.05) is 39.4 Å². The number of aliphatic imine (C=N–C) groups is 1. The molecule has 1 aliphatic rings. The Morgan fingerprint density at radius 3 is 2.82 bits per heavy atom. The van der Waals surface area contributed by atoms with Gasteiger partial charge in [0, 0.05) is 38.0 Å². The van der Waals surface area contributed by atoms with Crippen molar-refractivity contribution in [1.29, 1.82) is 0 Å². The Morgan fingerprint density at radius 2 is 1.95 bits per heavy atom. The van der Waals surface area contributed by atoms with Crippen LogP contribution < -0.4 is 0 Å². The van der Waals surface area contributed by atoms with Crippen LogP contribution >= 0.6 is 0 Å². The first-order chi connectivity index (χ1) is 10.8. The maximum atomic E-state index is 10.1. The van der Waals surface area contributed by atoms with Gasteiger partial charge in [0.05, 0.1) is 13.2 Å². The molecule has 0 aromatic heterocycles. The van der Waals surface area contributed by atoms with Crippen LogP contribution in [0.15, 0.2) is 41.4 Å². The van der Waals surface area contributed by atoms with Crippen LogP contribution in [0.4, 0.5) is 0 Å². The van der Waals surface area contributed by atoms with Gasteiger partial charge in [0.1, 0.15) is 5.75 Å². The van der Waals surface area contributed by atoms with Crippen molar-refractivity contribution >= 4 is 17.0 Å². The van der Waals surface area contributed by atoms with E-state index in [1.54, 1.807) is 12.3 Å². The molecule has 2 aromatic carbocycles. The molecule has 0 atom stereocenters. The lowest BCUT2D eigenvalue weighted by Crippen LogP contribution is -2.37. The summed E-state index contributed by atoms with van der Waals surface area (Å²) in [5.74, 6) is 0.288. The standard InChI is InChI=1S/C18H22N2O2/c21-18-7-6-15-4-1-2-5-16(15)17(18)14-19-8-3-9-20-10-12-22-13-11-20/h1-2,4-7,14,21H,3,8-13H2. The fourth-order valence-electron chi connectivity index (χ4n) is 2.79. The van der Waals surface area contributed by atoms with Crippen LogP contribution in [0, 0.1) is 0 Å². The minimum Gasteiger partial charge on any atom is -0.507 e. The van der Waals surface area contributed by atoms with Gasteiger partial charge in [-0.25, -0.2) is 0 Å². The number of morpholine rings is 1. The van der Waals surface area contributed by atoms with E-state index >= 15 is 0 Å². The topological polar surface area (TPSA) is 45.1 Å². The van der Waals surface area contributed by atoms with Gasteiger partial charge in [-0.05, 0) is 23.3 Å². The highest BCUT2D eigenvalue weighted by Crippen LogP contribution is 2.25. The van der Waals surface area contributed by atoms with E-state index in [9.17, 15) is 5.11 Å². The molecule has 0 saturated carbocycles. The van der Waals surface area contributed by atoms with E-state index in [-0.39, 0.29) is 5.75 Å². The van der Waals surface area contributed by atoms with E-state index in [1.165, 1.54) is 0 Å². The lowest BCUT2D eigenvalue weighted by Gasteiger charge is -2.26. The van der Waals surface area contributed by atoms with Gasteiger partial charge >= 0.3 is 0 Å². The van der Waals surface area contributed by atoms with Crippen molar-refractivity contribution in [2.45, 2.75) is 6.42 Å². The summed E-state index contributed by atoms with van der Waals surface area (Å²) in [5, 5.41) is 12.2. The number of fused-ring (bicyclic) bond motifs is 1. The molecule has 0 aliphatic carbocycles. The smallest absolute Gasteiger partial charge is 0.124 e. The van der Waals surface area contributed by atoms with Crippen LogP contribution in [0.1, 0.15) is 12.0 Å². The molecule has 1 heterocycles. The van der Waals surface area contributed by atoms with E-state index in [4.69, 9.17) is 4.74 Å². The molecule has 1 saturated heterocycles. The first-order valence-electron chi connectivity index (χ1n) is 7.85. The number of nitrogens with zero attached hydrogens (tertiary/aromatic N) is 2. The minimum atomic E-state index is 0.288. The molecular weight excluding hydrogens is 276 g/mol. The van der Waals surface area contributed by atoms with Crippen molar-refractivity contribution in [3.8, 4) is 5.75 Å². The second-order valence-electron chi connectivity index (χ2n) is 5.56. The number of hydrogen-bond acceptors (Lipinski definition) is 4. The molecule has 0 spiro atoms. The number of ether oxygens (including phenoxy) is 1. The lowest BCUT2D eigenvalue weighted by molar-refractivity contribution is 0.0377. The second-order valence-corrected chi connectivity index (χ2v) is 5.56. The predicted octanol–water partition coefficient (Wildman–Crippen LogP) is 2.69. The first kappa shape index (κ1) is 15.0. The van der Waals surface area contributed by atoms with Gasteiger partial charge in [-0.3, -0.25) is 9.89 Å². The van der Waals surface area contributed by atoms with Gasteiger partial charge in [0.25, 0.3) is 0 Å². The van der Waals surface area contributed by atoms with E-state index in [0.717, 1.165) is 62.1 Å². The highest BCUT2D eigenvalue weighted by molar-refractivity contribution is 6.02. The van der Waals surface area contributed by atoms with Crippen molar-refractivity contribution < 1.29 is 9.84 Å². The maximum Gasteiger partial charge on any atom is 0.124 e. The Bertz CT molecular complexity index is 649. The molecule has 0 radical (unpaired) electrons. The monoisotopic (exact) mass is 298 g/mol. The van der Waals surface area contributed by atoms with Crippen LogP contribution in [0.3, 0.4) is 0 Å². The molecule has 4 heteroatoms. The number of phenolic OH excluding ortho intramolecular Hbond substituents is 1. The zero-order valence-electron chi connectivity index (χ0n) is 12.7. The largest absolute Gasteiger partial charge is 0.507 e. The van der Waals surface area contributed by atoms with Gasteiger partial charge < -0.3 is 9.84 Å². The summed E-state index contributed by atoms with van der Waals surface area (Å²) >= 11 is 0. The molecule has 0 bridgehead atoms. The number of aromatic hydroxyl groups is 1. The third-order valence-electron chi connectivity index (χ3n) is 4.03. The molecule has 1 fully saturated rings. The molecular formula is C18H22N2O2. The molecule has 2 aromatic rings. The molecule has 1 N–H and O–H groups in total. The number of hydrogen-bond donors (Lipinski definition) is 1. The Labute approximate surface area is 131 Å². The highest BCUT2D eigenvalue weighted by Gasteiger charge is 2.09. The quantitative estimate of drug-likeness (QED) is 0.682. The summed E-state index contributed by atoms with van der Waals surface area (Å²) in [5.41, 5.74) is 0.810. The fourth-order valence-corrected chi connectivity index (χ4v) is 2.79. The van der Waals surface area contributed by atoms with Crippen LogP contribution in [-0.2, 0) is 4.74 Å². The van der Waals surface area contributed by atoms with Crippen molar-refractivity contribution in [2.24, 2.45) is 4.99 Å². The van der Waals surface area contributed by atoms with Crippen molar-refractivity contribution in [3.05, 3.63) is 42.0 Å². The van der Waals surface area contributed by atoms with Crippen LogP contribution in [0.25, 0.3) is 10.8 Å². The number of phenols is 1. The van der Waals surface area contributed by atoms with Gasteiger partial charge in [-0.1, -0.05) is 30.3 Å². The SMILES string of the molecule is Oc1ccc2ccccc2c1C=NCCCN1CCOCC1. The van der Waals surface area contributed by atoms with E-state index in [2.05, 4.69) is 9.89 Å². The maximum absolute atomic E-state index is 10.1. The molecule has 3 rings (SSSR count). The van der Waals surface area contributed by atoms with E-state index < -0.39 is 0 Å². The number of rotatable bonds is 5. The summed E-state index contributed by atoms with van der Waals surface area (Å²) in [6.45, 7) is 5.56. The van der Waals surface area contributed by atoms with E-state index in [1.807, 2.05) is 30.3 Å². The van der Waals surface area contributed by atoms with Crippen molar-refractivity contribution in [3.63, 3.8) is 0 Å². The summed E-state index contributed by atoms with van der Waals surface area (Å²) < 4.78 is 5.34. The average Bonchev–Trinajstić information content (AvgIpc) is 2.57. The van der Waals surface area contributed by atoms with Crippen LogP contribution in [0.2, 0.25) is 0 Å². The van der Waals surface area contributed by atoms with Gasteiger partial charge in [-0.15, -0.1) is 0 Å². The fraction of sp³-hybridized carbons (Fsp3) is 0.389. The summed E-state index contributed by atoms with van der Waals surface area (Å²) in [6, 6.07) is 11.7. The predicted molar refractivity (Wildman–Crippen MR) is 89.9 cm³/mol. The Kier molecular flexibility index (Phi) is 5.03. The zero-order chi connectivity index (χ0) is 15.2. The molecule has 0 unspecified atom stereocenters. The average molecular weight is 298 g/mol. The Morgan fingerprint density at radius 1 is 1.14 bits per heavy atom. The van der Waals surface area contributed by atoms with Gasteiger partial charge in [0.2, 0.25) is 0 Å². The summed E-state index contributed by atoms with van der Waals surface area (Å²) in [4.78, 5) is 6.91. The molecule has 116 valence electrons. The molecule has 1 aliphatic heterocycles. The van der Waals surface area contributed by atoms with Crippen molar-refractivity contribution in [1.82, 2.24) is 4.90 Å². The van der Waals surface area contributed by atoms with Gasteiger partial charge in [-0.2, -0.15) is 0 Å². The number of benzene rings is 2. The minimum absolute atomic E-state index is 0.288. The van der Waals surface area contributed by atoms with Crippen LogP contribution in [-0.4, -0.2) is 55.6 Å².